The van der Waals surface area contributed by atoms with E-state index in [0.717, 1.165) is 16.3 Å². The molecule has 4 rings (SSSR count). The van der Waals surface area contributed by atoms with Crippen LogP contribution in [0.5, 0.6) is 0 Å². The number of hydrogen-bond acceptors (Lipinski definition) is 6. The quantitative estimate of drug-likeness (QED) is 0.582. The predicted octanol–water partition coefficient (Wildman–Crippen LogP) is 2.26. The predicted molar refractivity (Wildman–Crippen MR) is 77.0 cm³/mol. The van der Waals surface area contributed by atoms with E-state index < -0.39 is 0 Å². The Balaban J connectivity index is 1.77. The van der Waals surface area contributed by atoms with E-state index in [0.29, 0.717) is 11.6 Å². The van der Waals surface area contributed by atoms with Crippen molar-refractivity contribution in [3.63, 3.8) is 0 Å². The minimum Gasteiger partial charge on any atom is -0.366 e. The Labute approximate surface area is 118 Å². The van der Waals surface area contributed by atoms with Crippen molar-refractivity contribution in [2.24, 2.45) is 0 Å². The van der Waals surface area contributed by atoms with Gasteiger partial charge in [0.05, 0.1) is 0 Å². The summed E-state index contributed by atoms with van der Waals surface area (Å²) in [5, 5.41) is 12.6. The molecule has 3 N–H and O–H groups in total. The molecule has 102 valence electrons. The van der Waals surface area contributed by atoms with Crippen molar-refractivity contribution in [1.29, 1.82) is 0 Å². The highest BCUT2D eigenvalue weighted by molar-refractivity contribution is 5.86. The third-order valence-corrected chi connectivity index (χ3v) is 3.14. The number of aromatic amines is 1. The van der Waals surface area contributed by atoms with Gasteiger partial charge in [0.2, 0.25) is 17.6 Å². The van der Waals surface area contributed by atoms with E-state index in [1.807, 2.05) is 36.4 Å². The van der Waals surface area contributed by atoms with Gasteiger partial charge < -0.3 is 10.3 Å². The molecule has 2 aromatic heterocycles. The summed E-state index contributed by atoms with van der Waals surface area (Å²) in [5.74, 6) is 1.23. The molecule has 4 aromatic rings. The summed E-state index contributed by atoms with van der Waals surface area (Å²) in [5.41, 5.74) is 6.32. The van der Waals surface area contributed by atoms with E-state index >= 15 is 0 Å². The fraction of sp³-hybridized carbons (Fsp3) is 0. The van der Waals surface area contributed by atoms with Crippen molar-refractivity contribution < 1.29 is 4.52 Å². The number of hydrogen-bond donors (Lipinski definition) is 2. The first-order chi connectivity index (χ1) is 10.3. The van der Waals surface area contributed by atoms with E-state index in [9.17, 15) is 0 Å². The van der Waals surface area contributed by atoms with Gasteiger partial charge in [0.25, 0.3) is 5.89 Å². The Bertz CT molecular complexity index is 926. The van der Waals surface area contributed by atoms with Crippen LogP contribution in [0.4, 0.5) is 5.95 Å². The van der Waals surface area contributed by atoms with Crippen LogP contribution in [0.15, 0.2) is 47.0 Å². The van der Waals surface area contributed by atoms with E-state index in [4.69, 9.17) is 10.3 Å². The normalized spacial score (nSPS) is 11.0. The minimum absolute atomic E-state index is 0.135. The zero-order valence-electron chi connectivity index (χ0n) is 10.8. The summed E-state index contributed by atoms with van der Waals surface area (Å²) in [7, 11) is 0. The SMILES string of the molecule is Nc1n[nH]c(-c2nc(-c3ccc4ccccc4c3)no2)n1. The molecule has 7 nitrogen and oxygen atoms in total. The van der Waals surface area contributed by atoms with Crippen LogP contribution < -0.4 is 5.73 Å². The lowest BCUT2D eigenvalue weighted by atomic mass is 10.1. The average molecular weight is 278 g/mol. The van der Waals surface area contributed by atoms with Crippen molar-refractivity contribution in [3.8, 4) is 23.1 Å². The van der Waals surface area contributed by atoms with Gasteiger partial charge in [0.15, 0.2) is 0 Å². The summed E-state index contributed by atoms with van der Waals surface area (Å²) < 4.78 is 5.18. The number of anilines is 1. The van der Waals surface area contributed by atoms with Gasteiger partial charge in [0.1, 0.15) is 0 Å². The Hall–Kier alpha value is -3.22. The van der Waals surface area contributed by atoms with E-state index in [-0.39, 0.29) is 11.8 Å². The molecular formula is C14H10N6O. The fourth-order valence-electron chi connectivity index (χ4n) is 2.14. The largest absolute Gasteiger partial charge is 0.366 e. The molecule has 0 saturated carbocycles. The molecule has 7 heteroatoms. The Morgan fingerprint density at radius 3 is 2.67 bits per heavy atom. The highest BCUT2D eigenvalue weighted by Gasteiger charge is 2.14. The Morgan fingerprint density at radius 1 is 1.00 bits per heavy atom. The fourth-order valence-corrected chi connectivity index (χ4v) is 2.14. The summed E-state index contributed by atoms with van der Waals surface area (Å²) in [4.78, 5) is 8.26. The van der Waals surface area contributed by atoms with E-state index in [2.05, 4.69) is 31.4 Å². The van der Waals surface area contributed by atoms with Gasteiger partial charge in [-0.2, -0.15) is 9.97 Å². The second-order valence-corrected chi connectivity index (χ2v) is 4.53. The number of benzene rings is 2. The minimum atomic E-state index is 0.135. The molecule has 0 radical (unpaired) electrons. The Kier molecular flexibility index (Phi) is 2.43. The molecule has 0 fully saturated rings. The van der Waals surface area contributed by atoms with Gasteiger partial charge >= 0.3 is 0 Å². The second kappa shape index (κ2) is 4.41. The summed E-state index contributed by atoms with van der Waals surface area (Å²) in [6, 6.07) is 14.1. The molecule has 0 saturated heterocycles. The molecule has 0 bridgehead atoms. The van der Waals surface area contributed by atoms with Crippen LogP contribution in [-0.4, -0.2) is 25.3 Å². The first kappa shape index (κ1) is 11.6. The molecule has 0 amide bonds. The van der Waals surface area contributed by atoms with Crippen LogP contribution in [-0.2, 0) is 0 Å². The molecular weight excluding hydrogens is 268 g/mol. The smallest absolute Gasteiger partial charge is 0.295 e. The number of rotatable bonds is 2. The van der Waals surface area contributed by atoms with Crippen molar-refractivity contribution >= 4 is 16.7 Å². The molecule has 0 spiro atoms. The van der Waals surface area contributed by atoms with Gasteiger partial charge in [-0.15, -0.1) is 5.10 Å². The molecule has 0 aliphatic heterocycles. The molecule has 21 heavy (non-hydrogen) atoms. The lowest BCUT2D eigenvalue weighted by molar-refractivity contribution is 0.429. The van der Waals surface area contributed by atoms with E-state index in [1.165, 1.54) is 0 Å². The van der Waals surface area contributed by atoms with Crippen molar-refractivity contribution in [2.45, 2.75) is 0 Å². The number of H-pyrrole nitrogens is 1. The standard InChI is InChI=1S/C14H10N6O/c15-14-17-12(18-19-14)13-16-11(20-21-13)10-6-5-8-3-1-2-4-9(8)7-10/h1-7H,(H3,15,17,18,19). The summed E-state index contributed by atoms with van der Waals surface area (Å²) in [6.07, 6.45) is 0. The molecule has 0 aliphatic rings. The van der Waals surface area contributed by atoms with Crippen molar-refractivity contribution in [2.75, 3.05) is 5.73 Å². The molecule has 0 aliphatic carbocycles. The van der Waals surface area contributed by atoms with Crippen LogP contribution in [0.3, 0.4) is 0 Å². The van der Waals surface area contributed by atoms with Gasteiger partial charge in [-0.3, -0.25) is 5.10 Å². The monoisotopic (exact) mass is 278 g/mol. The first-order valence-electron chi connectivity index (χ1n) is 6.31. The Morgan fingerprint density at radius 2 is 1.86 bits per heavy atom. The molecule has 2 aromatic carbocycles. The van der Waals surface area contributed by atoms with Gasteiger partial charge in [0, 0.05) is 5.56 Å². The van der Waals surface area contributed by atoms with Gasteiger partial charge in [-0.25, -0.2) is 0 Å². The summed E-state index contributed by atoms with van der Waals surface area (Å²) >= 11 is 0. The third-order valence-electron chi connectivity index (χ3n) is 3.14. The highest BCUT2D eigenvalue weighted by Crippen LogP contribution is 2.24. The van der Waals surface area contributed by atoms with E-state index in [1.54, 1.807) is 0 Å². The number of nitrogens with zero attached hydrogens (tertiary/aromatic N) is 4. The van der Waals surface area contributed by atoms with Crippen LogP contribution in [0.1, 0.15) is 0 Å². The molecule has 2 heterocycles. The van der Waals surface area contributed by atoms with Crippen molar-refractivity contribution in [3.05, 3.63) is 42.5 Å². The zero-order valence-corrected chi connectivity index (χ0v) is 10.8. The summed E-state index contributed by atoms with van der Waals surface area (Å²) in [6.45, 7) is 0. The number of fused-ring (bicyclic) bond motifs is 1. The maximum atomic E-state index is 5.45. The third kappa shape index (κ3) is 2.00. The second-order valence-electron chi connectivity index (χ2n) is 4.53. The molecule has 0 unspecified atom stereocenters. The number of nitrogens with one attached hydrogen (secondary N) is 1. The maximum Gasteiger partial charge on any atom is 0.295 e. The van der Waals surface area contributed by atoms with Crippen molar-refractivity contribution in [1.82, 2.24) is 25.3 Å². The van der Waals surface area contributed by atoms with Crippen LogP contribution in [0.25, 0.3) is 33.9 Å². The first-order valence-corrected chi connectivity index (χ1v) is 6.31. The number of nitrogen functional groups attached to an aromatic ring is 1. The van der Waals surface area contributed by atoms with Crippen LogP contribution >= 0.6 is 0 Å². The van der Waals surface area contributed by atoms with Gasteiger partial charge in [-0.1, -0.05) is 41.6 Å². The molecule has 0 atom stereocenters. The average Bonchev–Trinajstić information content (AvgIpc) is 3.15. The topological polar surface area (TPSA) is 107 Å². The number of aromatic nitrogens is 5. The lowest BCUT2D eigenvalue weighted by Gasteiger charge is -1.98. The maximum absolute atomic E-state index is 5.45. The van der Waals surface area contributed by atoms with Crippen LogP contribution in [0, 0.1) is 0 Å². The highest BCUT2D eigenvalue weighted by atomic mass is 16.5. The lowest BCUT2D eigenvalue weighted by Crippen LogP contribution is -1.85. The zero-order chi connectivity index (χ0) is 14.2. The van der Waals surface area contributed by atoms with Gasteiger partial charge in [-0.05, 0) is 16.8 Å². The van der Waals surface area contributed by atoms with Crippen LogP contribution in [0.2, 0.25) is 0 Å². The number of nitrogens with two attached hydrogens (primary N) is 1.